The minimum atomic E-state index is -5.36. The number of hydrogen-bond donors (Lipinski definition) is 2. The van der Waals surface area contributed by atoms with Crippen molar-refractivity contribution >= 4 is 39.9 Å². The van der Waals surface area contributed by atoms with E-state index in [1.165, 1.54) is 31.4 Å². The Labute approximate surface area is 258 Å². The molecule has 0 saturated carbocycles. The molecule has 0 aliphatic rings. The SMILES string of the molecule is Cc1cc(C(c2cc(C(F)(F)F)cc(C(F)(F)F)c2)C(F)(F)F)ccc1NC(=O)c1cccc(Cl)c1C(=O)N[C@@H](C)CS(C)=O. The van der Waals surface area contributed by atoms with E-state index in [0.29, 0.717) is 0 Å². The van der Waals surface area contributed by atoms with Gasteiger partial charge in [0.15, 0.2) is 0 Å². The van der Waals surface area contributed by atoms with E-state index >= 15 is 0 Å². The van der Waals surface area contributed by atoms with E-state index in [-0.39, 0.29) is 51.4 Å². The van der Waals surface area contributed by atoms with Crippen molar-refractivity contribution in [1.82, 2.24) is 5.32 Å². The highest BCUT2D eigenvalue weighted by Crippen LogP contribution is 2.45. The van der Waals surface area contributed by atoms with Gasteiger partial charge in [0.2, 0.25) is 0 Å². The van der Waals surface area contributed by atoms with E-state index in [4.69, 9.17) is 11.6 Å². The van der Waals surface area contributed by atoms with E-state index in [1.807, 2.05) is 0 Å². The summed E-state index contributed by atoms with van der Waals surface area (Å²) < 4.78 is 134. The molecule has 3 aromatic carbocycles. The lowest BCUT2D eigenvalue weighted by molar-refractivity contribution is -0.147. The maximum atomic E-state index is 14.2. The van der Waals surface area contributed by atoms with Crippen LogP contribution in [0.25, 0.3) is 0 Å². The molecule has 0 fully saturated rings. The second-order valence-corrected chi connectivity index (χ2v) is 12.0. The summed E-state index contributed by atoms with van der Waals surface area (Å²) in [6.45, 7) is 2.84. The zero-order valence-corrected chi connectivity index (χ0v) is 25.0. The molecule has 16 heteroatoms. The Balaban J connectivity index is 2.01. The topological polar surface area (TPSA) is 75.3 Å². The molecule has 2 N–H and O–H groups in total. The molecule has 0 radical (unpaired) electrons. The van der Waals surface area contributed by atoms with Gasteiger partial charge in [-0.2, -0.15) is 39.5 Å². The number of amides is 2. The van der Waals surface area contributed by atoms with Crippen molar-refractivity contribution in [2.24, 2.45) is 0 Å². The minimum Gasteiger partial charge on any atom is -0.349 e. The van der Waals surface area contributed by atoms with Gasteiger partial charge in [-0.1, -0.05) is 29.8 Å². The summed E-state index contributed by atoms with van der Waals surface area (Å²) >= 11 is 6.18. The van der Waals surface area contributed by atoms with Gasteiger partial charge in [0.25, 0.3) is 11.8 Å². The van der Waals surface area contributed by atoms with Crippen molar-refractivity contribution in [3.63, 3.8) is 0 Å². The van der Waals surface area contributed by atoms with Crippen molar-refractivity contribution in [3.8, 4) is 0 Å². The average Bonchev–Trinajstić information content (AvgIpc) is 2.87. The highest BCUT2D eigenvalue weighted by Gasteiger charge is 2.45. The lowest BCUT2D eigenvalue weighted by Gasteiger charge is -2.24. The third kappa shape index (κ3) is 9.00. The summed E-state index contributed by atoms with van der Waals surface area (Å²) in [5, 5.41) is 4.90. The van der Waals surface area contributed by atoms with Gasteiger partial charge in [-0.3, -0.25) is 13.8 Å². The Kier molecular flexibility index (Phi) is 10.7. The number of halogens is 10. The van der Waals surface area contributed by atoms with Crippen LogP contribution in [0.1, 0.15) is 61.4 Å². The van der Waals surface area contributed by atoms with E-state index in [2.05, 4.69) is 10.6 Å². The number of benzene rings is 3. The molecule has 2 amide bonds. The average molecular weight is 687 g/mol. The molecule has 3 atom stereocenters. The molecular weight excluding hydrogens is 663 g/mol. The van der Waals surface area contributed by atoms with Gasteiger partial charge in [0.05, 0.1) is 27.3 Å². The zero-order chi connectivity index (χ0) is 34.1. The molecule has 244 valence electrons. The lowest BCUT2D eigenvalue weighted by Crippen LogP contribution is -2.37. The van der Waals surface area contributed by atoms with Crippen LogP contribution in [0.3, 0.4) is 0 Å². The van der Waals surface area contributed by atoms with Gasteiger partial charge >= 0.3 is 18.5 Å². The number of aryl methyl sites for hydroxylation is 1. The fraction of sp³-hybridized carbons (Fsp3) is 0.310. The summed E-state index contributed by atoms with van der Waals surface area (Å²) in [4.78, 5) is 26.1. The Morgan fingerprint density at radius 2 is 1.42 bits per heavy atom. The number of alkyl halides is 9. The van der Waals surface area contributed by atoms with Crippen LogP contribution in [-0.4, -0.2) is 40.3 Å². The number of carbonyl (C=O) groups excluding carboxylic acids is 2. The Bertz CT molecular complexity index is 1590. The van der Waals surface area contributed by atoms with E-state index in [1.54, 1.807) is 6.92 Å². The highest BCUT2D eigenvalue weighted by atomic mass is 35.5. The molecule has 0 aromatic heterocycles. The molecular formula is C29H24ClF9N2O3S. The molecule has 45 heavy (non-hydrogen) atoms. The predicted octanol–water partition coefficient (Wildman–Crippen LogP) is 8.13. The van der Waals surface area contributed by atoms with Crippen LogP contribution < -0.4 is 10.6 Å². The Hall–Kier alpha value is -3.59. The molecule has 0 saturated heterocycles. The third-order valence-corrected chi connectivity index (χ3v) is 7.73. The van der Waals surface area contributed by atoms with Gasteiger partial charge < -0.3 is 10.6 Å². The molecule has 0 bridgehead atoms. The second kappa shape index (κ2) is 13.4. The first kappa shape index (κ1) is 35.9. The van der Waals surface area contributed by atoms with Crippen molar-refractivity contribution in [1.29, 1.82) is 0 Å². The van der Waals surface area contributed by atoms with Crippen LogP contribution in [0, 0.1) is 6.92 Å². The van der Waals surface area contributed by atoms with Crippen LogP contribution >= 0.6 is 11.6 Å². The summed E-state index contributed by atoms with van der Waals surface area (Å²) in [5.41, 5.74) is -6.31. The van der Waals surface area contributed by atoms with Crippen molar-refractivity contribution in [2.45, 2.75) is 44.3 Å². The number of carbonyl (C=O) groups is 2. The maximum absolute atomic E-state index is 14.2. The summed E-state index contributed by atoms with van der Waals surface area (Å²) in [7, 11) is -1.25. The first-order valence-electron chi connectivity index (χ1n) is 12.8. The van der Waals surface area contributed by atoms with Gasteiger partial charge in [0.1, 0.15) is 5.92 Å². The monoisotopic (exact) mass is 686 g/mol. The Morgan fingerprint density at radius 3 is 1.91 bits per heavy atom. The molecule has 0 heterocycles. The molecule has 0 aliphatic heterocycles. The first-order chi connectivity index (χ1) is 20.6. The number of nitrogens with one attached hydrogen (secondary N) is 2. The molecule has 3 rings (SSSR count). The van der Waals surface area contributed by atoms with Crippen molar-refractivity contribution in [2.75, 3.05) is 17.3 Å². The summed E-state index contributed by atoms with van der Waals surface area (Å²) in [6, 6.07) is 5.86. The van der Waals surface area contributed by atoms with Crippen LogP contribution in [0.4, 0.5) is 45.2 Å². The molecule has 0 aliphatic carbocycles. The summed E-state index contributed by atoms with van der Waals surface area (Å²) in [6.07, 6.45) is -14.6. The lowest BCUT2D eigenvalue weighted by atomic mass is 9.87. The second-order valence-electron chi connectivity index (χ2n) is 10.1. The van der Waals surface area contributed by atoms with Gasteiger partial charge in [-0.05, 0) is 66.9 Å². The summed E-state index contributed by atoms with van der Waals surface area (Å²) in [5.74, 6) is -4.43. The molecule has 5 nitrogen and oxygen atoms in total. The highest BCUT2D eigenvalue weighted by molar-refractivity contribution is 7.84. The number of hydrogen-bond acceptors (Lipinski definition) is 3. The fourth-order valence-corrected chi connectivity index (χ4v) is 5.59. The van der Waals surface area contributed by atoms with E-state index in [9.17, 15) is 53.3 Å². The van der Waals surface area contributed by atoms with Gasteiger partial charge in [-0.25, -0.2) is 0 Å². The standard InChI is InChI=1S/C29H24ClF9N2O3S/c1-14-9-16(24(29(37,38)39)17-10-18(27(31,32)33)12-19(11-17)28(34,35)36)7-8-22(14)41-25(42)20-5-4-6-21(30)23(20)26(43)40-15(2)13-45(3)44/h4-12,15,24H,13H2,1-3H3,(H,40,43)(H,41,42)/t15-,24?,45?/m0/s1. The van der Waals surface area contributed by atoms with Gasteiger partial charge in [0, 0.05) is 34.5 Å². The maximum Gasteiger partial charge on any atom is 0.416 e. The third-order valence-electron chi connectivity index (χ3n) is 6.45. The van der Waals surface area contributed by atoms with Crippen LogP contribution in [0.2, 0.25) is 5.02 Å². The van der Waals surface area contributed by atoms with Crippen LogP contribution in [0.15, 0.2) is 54.6 Å². The largest absolute Gasteiger partial charge is 0.416 e. The van der Waals surface area contributed by atoms with Crippen molar-refractivity contribution in [3.05, 3.63) is 98.6 Å². The minimum absolute atomic E-state index is 0.0170. The predicted molar refractivity (Wildman–Crippen MR) is 151 cm³/mol. The fourth-order valence-electron chi connectivity index (χ4n) is 4.55. The number of rotatable bonds is 8. The quantitative estimate of drug-likeness (QED) is 0.235. The van der Waals surface area contributed by atoms with E-state index in [0.717, 1.165) is 18.2 Å². The van der Waals surface area contributed by atoms with Crippen LogP contribution in [0.5, 0.6) is 0 Å². The smallest absolute Gasteiger partial charge is 0.349 e. The molecule has 0 spiro atoms. The van der Waals surface area contributed by atoms with Crippen molar-refractivity contribution < 1.29 is 53.3 Å². The number of anilines is 1. The zero-order valence-electron chi connectivity index (χ0n) is 23.5. The van der Waals surface area contributed by atoms with Gasteiger partial charge in [-0.15, -0.1) is 0 Å². The molecule has 2 unspecified atom stereocenters. The molecule has 3 aromatic rings. The first-order valence-corrected chi connectivity index (χ1v) is 14.9. The Morgan fingerprint density at radius 1 is 0.844 bits per heavy atom. The normalized spacial score (nSPS) is 14.4. The van der Waals surface area contributed by atoms with Crippen LogP contribution in [-0.2, 0) is 23.2 Å². The van der Waals surface area contributed by atoms with E-state index < -0.39 is 75.4 Å².